The Balaban J connectivity index is 2.15. The number of hydrogen-bond donors (Lipinski definition) is 3. The van der Waals surface area contributed by atoms with E-state index in [4.69, 9.17) is 5.26 Å². The van der Waals surface area contributed by atoms with Crippen molar-refractivity contribution in [2.24, 2.45) is 0 Å². The molecule has 0 unspecified atom stereocenters. The fourth-order valence-corrected chi connectivity index (χ4v) is 1.71. The van der Waals surface area contributed by atoms with Crippen LogP contribution in [0.25, 0.3) is 0 Å². The monoisotopic (exact) mass is 268 g/mol. The molecule has 0 radical (unpaired) electrons. The fourth-order valence-electron chi connectivity index (χ4n) is 1.71. The van der Waals surface area contributed by atoms with Gasteiger partial charge >= 0.3 is 0 Å². The molecule has 0 heterocycles. The molecule has 0 aliphatic rings. The van der Waals surface area contributed by atoms with E-state index in [-0.39, 0.29) is 11.3 Å². The molecule has 20 heavy (non-hydrogen) atoms. The lowest BCUT2D eigenvalue weighted by Crippen LogP contribution is -2.12. The van der Waals surface area contributed by atoms with E-state index in [0.717, 1.165) is 5.56 Å². The van der Waals surface area contributed by atoms with Crippen LogP contribution in [0.2, 0.25) is 0 Å². The Morgan fingerprint density at radius 2 is 1.85 bits per heavy atom. The maximum Gasteiger partial charge on any atom is 0.259 e. The van der Waals surface area contributed by atoms with Gasteiger partial charge in [0.05, 0.1) is 18.1 Å². The first-order valence-corrected chi connectivity index (χ1v) is 5.90. The van der Waals surface area contributed by atoms with Gasteiger partial charge in [-0.2, -0.15) is 5.26 Å². The number of carbonyl (C=O) groups excluding carboxylic acids is 1. The lowest BCUT2D eigenvalue weighted by molar-refractivity contribution is 0.102. The molecule has 2 aromatic rings. The molecule has 5 heteroatoms. The van der Waals surface area contributed by atoms with Crippen molar-refractivity contribution >= 4 is 11.6 Å². The molecule has 2 rings (SSSR count). The molecular formula is C15H12N2O3. The van der Waals surface area contributed by atoms with Crippen molar-refractivity contribution in [1.29, 1.82) is 5.26 Å². The maximum absolute atomic E-state index is 12.0. The van der Waals surface area contributed by atoms with Crippen molar-refractivity contribution in [1.82, 2.24) is 0 Å². The Kier molecular flexibility index (Phi) is 3.87. The molecule has 0 fully saturated rings. The summed E-state index contributed by atoms with van der Waals surface area (Å²) in [4.78, 5) is 12.0. The largest absolute Gasteiger partial charge is 0.504 e. The zero-order valence-corrected chi connectivity index (χ0v) is 10.5. The van der Waals surface area contributed by atoms with Crippen LogP contribution in [0.3, 0.4) is 0 Å². The summed E-state index contributed by atoms with van der Waals surface area (Å²) < 4.78 is 0. The van der Waals surface area contributed by atoms with Crippen LogP contribution in [0.15, 0.2) is 42.5 Å². The molecule has 2 aromatic carbocycles. The molecule has 5 nitrogen and oxygen atoms in total. The highest BCUT2D eigenvalue weighted by Crippen LogP contribution is 2.28. The molecule has 100 valence electrons. The zero-order valence-electron chi connectivity index (χ0n) is 10.5. The number of hydrogen-bond acceptors (Lipinski definition) is 4. The van der Waals surface area contributed by atoms with E-state index in [2.05, 4.69) is 5.32 Å². The molecule has 0 aliphatic heterocycles. The molecule has 0 bridgehead atoms. The van der Waals surface area contributed by atoms with Gasteiger partial charge in [-0.25, -0.2) is 0 Å². The highest BCUT2D eigenvalue weighted by Gasteiger charge is 2.13. The summed E-state index contributed by atoms with van der Waals surface area (Å²) in [6, 6.07) is 13.0. The van der Waals surface area contributed by atoms with Crippen molar-refractivity contribution in [3.8, 4) is 17.6 Å². The second-order valence-electron chi connectivity index (χ2n) is 4.16. The van der Waals surface area contributed by atoms with E-state index in [1.165, 1.54) is 18.2 Å². The van der Waals surface area contributed by atoms with Gasteiger partial charge in [-0.3, -0.25) is 4.79 Å². The smallest absolute Gasteiger partial charge is 0.259 e. The number of phenols is 2. The van der Waals surface area contributed by atoms with Crippen LogP contribution in [-0.4, -0.2) is 16.1 Å². The van der Waals surface area contributed by atoms with Gasteiger partial charge in [-0.1, -0.05) is 18.2 Å². The number of anilines is 1. The Bertz CT molecular complexity index is 673. The van der Waals surface area contributed by atoms with Crippen molar-refractivity contribution in [2.45, 2.75) is 6.42 Å². The number of phenolic OH excluding ortho intramolecular Hbond substituents is 2. The summed E-state index contributed by atoms with van der Waals surface area (Å²) >= 11 is 0. The summed E-state index contributed by atoms with van der Waals surface area (Å²) in [6.45, 7) is 0. The van der Waals surface area contributed by atoms with Crippen LogP contribution >= 0.6 is 0 Å². The van der Waals surface area contributed by atoms with Crippen LogP contribution in [0.4, 0.5) is 5.69 Å². The van der Waals surface area contributed by atoms with Crippen molar-refractivity contribution in [3.05, 3.63) is 53.6 Å². The molecule has 1 amide bonds. The second-order valence-corrected chi connectivity index (χ2v) is 4.16. The highest BCUT2D eigenvalue weighted by atomic mass is 16.3. The van der Waals surface area contributed by atoms with E-state index < -0.39 is 11.7 Å². The third-order valence-corrected chi connectivity index (χ3v) is 2.75. The van der Waals surface area contributed by atoms with Gasteiger partial charge in [0.15, 0.2) is 11.5 Å². The first kappa shape index (κ1) is 13.4. The van der Waals surface area contributed by atoms with Crippen LogP contribution in [-0.2, 0) is 6.42 Å². The van der Waals surface area contributed by atoms with Crippen molar-refractivity contribution in [2.75, 3.05) is 5.32 Å². The number of nitrogens with one attached hydrogen (secondary N) is 1. The van der Waals surface area contributed by atoms with Crippen LogP contribution in [0.1, 0.15) is 15.9 Å². The highest BCUT2D eigenvalue weighted by molar-refractivity contribution is 6.06. The second kappa shape index (κ2) is 5.76. The Morgan fingerprint density at radius 3 is 2.50 bits per heavy atom. The minimum Gasteiger partial charge on any atom is -0.504 e. The molecule has 0 atom stereocenters. The van der Waals surface area contributed by atoms with Gasteiger partial charge in [0.1, 0.15) is 0 Å². The topological polar surface area (TPSA) is 93.4 Å². The number of benzene rings is 2. The van der Waals surface area contributed by atoms with Crippen LogP contribution in [0.5, 0.6) is 11.5 Å². The SMILES string of the molecule is N#CCc1ccc(NC(=O)c2cccc(O)c2O)cc1. The van der Waals surface area contributed by atoms with Crippen LogP contribution in [0, 0.1) is 11.3 Å². The average molecular weight is 268 g/mol. The Hall–Kier alpha value is -3.00. The summed E-state index contributed by atoms with van der Waals surface area (Å²) in [5.41, 5.74) is 1.39. The standard InChI is InChI=1S/C15H12N2O3/c16-9-8-10-4-6-11(7-5-10)17-15(20)12-2-1-3-13(18)14(12)19/h1-7,18-19H,8H2,(H,17,20). The summed E-state index contributed by atoms with van der Waals surface area (Å²) in [5, 5.41) is 30.1. The van der Waals surface area contributed by atoms with Gasteiger partial charge in [-0.05, 0) is 29.8 Å². The van der Waals surface area contributed by atoms with E-state index in [0.29, 0.717) is 12.1 Å². The average Bonchev–Trinajstić information content (AvgIpc) is 2.44. The predicted molar refractivity (Wildman–Crippen MR) is 73.5 cm³/mol. The zero-order chi connectivity index (χ0) is 14.5. The normalized spacial score (nSPS) is 9.75. The van der Waals surface area contributed by atoms with E-state index in [9.17, 15) is 15.0 Å². The number of nitrogens with zero attached hydrogens (tertiary/aromatic N) is 1. The number of amides is 1. The van der Waals surface area contributed by atoms with Gasteiger partial charge < -0.3 is 15.5 Å². The minimum atomic E-state index is -0.522. The third kappa shape index (κ3) is 2.87. The van der Waals surface area contributed by atoms with Gasteiger partial charge in [-0.15, -0.1) is 0 Å². The molecule has 0 aromatic heterocycles. The molecule has 3 N–H and O–H groups in total. The minimum absolute atomic E-state index is 0.00824. The Labute approximate surface area is 115 Å². The number of carbonyl (C=O) groups is 1. The quantitative estimate of drug-likeness (QED) is 0.745. The number of rotatable bonds is 3. The lowest BCUT2D eigenvalue weighted by Gasteiger charge is -2.08. The molecule has 0 spiro atoms. The van der Waals surface area contributed by atoms with Gasteiger partial charge in [0.2, 0.25) is 0 Å². The van der Waals surface area contributed by atoms with Crippen molar-refractivity contribution in [3.63, 3.8) is 0 Å². The summed E-state index contributed by atoms with van der Waals surface area (Å²) in [6.07, 6.45) is 0.307. The first-order valence-electron chi connectivity index (χ1n) is 5.90. The number of nitriles is 1. The maximum atomic E-state index is 12.0. The molecule has 0 saturated heterocycles. The Morgan fingerprint density at radius 1 is 1.15 bits per heavy atom. The summed E-state index contributed by atoms with van der Waals surface area (Å²) in [7, 11) is 0. The van der Waals surface area contributed by atoms with E-state index >= 15 is 0 Å². The lowest BCUT2D eigenvalue weighted by atomic mass is 10.1. The van der Waals surface area contributed by atoms with Gasteiger partial charge in [0, 0.05) is 5.69 Å². The number of para-hydroxylation sites is 1. The van der Waals surface area contributed by atoms with Crippen LogP contribution < -0.4 is 5.32 Å². The summed E-state index contributed by atoms with van der Waals surface area (Å²) in [5.74, 6) is -1.32. The fraction of sp³-hybridized carbons (Fsp3) is 0.0667. The molecular weight excluding hydrogens is 256 g/mol. The predicted octanol–water partition coefficient (Wildman–Crippen LogP) is 2.42. The number of aromatic hydroxyl groups is 2. The first-order chi connectivity index (χ1) is 9.61. The van der Waals surface area contributed by atoms with E-state index in [1.807, 2.05) is 6.07 Å². The van der Waals surface area contributed by atoms with Crippen molar-refractivity contribution < 1.29 is 15.0 Å². The third-order valence-electron chi connectivity index (χ3n) is 2.75. The molecule has 0 aliphatic carbocycles. The van der Waals surface area contributed by atoms with E-state index in [1.54, 1.807) is 24.3 Å². The molecule has 0 saturated carbocycles. The van der Waals surface area contributed by atoms with Gasteiger partial charge in [0.25, 0.3) is 5.91 Å².